The van der Waals surface area contributed by atoms with E-state index in [0.29, 0.717) is 16.7 Å². The number of hydrogen-bond donors (Lipinski definition) is 1. The van der Waals surface area contributed by atoms with Crippen LogP contribution in [0.5, 0.6) is 5.75 Å². The molecular formula is C16H21ClN2O2. The number of carbonyl (C=O) groups is 1. The van der Waals surface area contributed by atoms with E-state index in [1.54, 1.807) is 18.2 Å². The minimum absolute atomic E-state index is 0.0456. The first kappa shape index (κ1) is 15.8. The Morgan fingerprint density at radius 3 is 3.05 bits per heavy atom. The largest absolute Gasteiger partial charge is 0.483 e. The third-order valence-corrected chi connectivity index (χ3v) is 4.00. The van der Waals surface area contributed by atoms with Gasteiger partial charge < -0.3 is 4.74 Å². The van der Waals surface area contributed by atoms with Crippen LogP contribution < -0.4 is 10.2 Å². The third-order valence-electron chi connectivity index (χ3n) is 3.77. The van der Waals surface area contributed by atoms with Crippen LogP contribution in [0.15, 0.2) is 23.3 Å². The highest BCUT2D eigenvalue weighted by Crippen LogP contribution is 2.25. The molecule has 5 heteroatoms. The van der Waals surface area contributed by atoms with E-state index in [-0.39, 0.29) is 12.5 Å². The molecule has 0 bridgehead atoms. The van der Waals surface area contributed by atoms with E-state index < -0.39 is 0 Å². The van der Waals surface area contributed by atoms with Crippen molar-refractivity contribution >= 4 is 23.2 Å². The number of hydrogen-bond acceptors (Lipinski definition) is 3. The summed E-state index contributed by atoms with van der Waals surface area (Å²) in [6, 6.07) is 5.31. The molecule has 114 valence electrons. The van der Waals surface area contributed by atoms with Gasteiger partial charge >= 0.3 is 0 Å². The highest BCUT2D eigenvalue weighted by atomic mass is 35.5. The molecule has 0 heterocycles. The molecule has 1 aromatic rings. The fourth-order valence-electron chi connectivity index (χ4n) is 2.57. The van der Waals surface area contributed by atoms with Crippen LogP contribution in [0.4, 0.5) is 0 Å². The maximum absolute atomic E-state index is 11.8. The topological polar surface area (TPSA) is 50.7 Å². The molecule has 1 aliphatic carbocycles. The number of amides is 1. The Bertz CT molecular complexity index is 543. The molecule has 1 saturated carbocycles. The normalized spacial score (nSPS) is 19.8. The summed E-state index contributed by atoms with van der Waals surface area (Å²) in [5.74, 6) is 0.942. The second-order valence-electron chi connectivity index (χ2n) is 5.33. The van der Waals surface area contributed by atoms with E-state index in [1.807, 2.05) is 6.92 Å². The van der Waals surface area contributed by atoms with Crippen molar-refractivity contribution in [2.24, 2.45) is 11.0 Å². The monoisotopic (exact) mass is 308 g/mol. The van der Waals surface area contributed by atoms with Gasteiger partial charge in [-0.15, -0.1) is 0 Å². The molecule has 2 rings (SSSR count). The molecule has 1 amide bonds. The number of aryl methyl sites for hydroxylation is 1. The first-order valence-electron chi connectivity index (χ1n) is 7.34. The van der Waals surface area contributed by atoms with Crippen LogP contribution in [0.25, 0.3) is 0 Å². The number of halogens is 1. The average Bonchev–Trinajstić information content (AvgIpc) is 2.91. The highest BCUT2D eigenvalue weighted by Gasteiger charge is 2.20. The van der Waals surface area contributed by atoms with Gasteiger partial charge in [-0.05, 0) is 62.3 Å². The second-order valence-corrected chi connectivity index (χ2v) is 5.77. The summed E-state index contributed by atoms with van der Waals surface area (Å²) < 4.78 is 5.48. The number of nitrogens with zero attached hydrogens (tertiary/aromatic N) is 1. The summed E-state index contributed by atoms with van der Waals surface area (Å²) in [5.41, 5.74) is 4.60. The van der Waals surface area contributed by atoms with Crippen LogP contribution in [-0.2, 0) is 4.79 Å². The van der Waals surface area contributed by atoms with Crippen LogP contribution in [0.2, 0.25) is 5.02 Å². The van der Waals surface area contributed by atoms with Crippen LogP contribution >= 0.6 is 11.6 Å². The van der Waals surface area contributed by atoms with Gasteiger partial charge in [-0.3, -0.25) is 4.79 Å². The summed E-state index contributed by atoms with van der Waals surface area (Å²) >= 11 is 5.88. The number of rotatable bonds is 5. The van der Waals surface area contributed by atoms with Gasteiger partial charge in [0.1, 0.15) is 5.75 Å². The smallest absolute Gasteiger partial charge is 0.277 e. The van der Waals surface area contributed by atoms with Gasteiger partial charge in [0.05, 0.1) is 0 Å². The first-order valence-corrected chi connectivity index (χ1v) is 7.72. The van der Waals surface area contributed by atoms with Crippen molar-refractivity contribution in [2.45, 2.75) is 39.5 Å². The SMILES string of the molecule is CCC1CCCC1=NNC(=O)COc1ccc(Cl)cc1C. The van der Waals surface area contributed by atoms with E-state index in [2.05, 4.69) is 17.5 Å². The number of nitrogens with one attached hydrogen (secondary N) is 1. The maximum atomic E-state index is 11.8. The zero-order valence-corrected chi connectivity index (χ0v) is 13.2. The summed E-state index contributed by atoms with van der Waals surface area (Å²) in [4.78, 5) is 11.8. The lowest BCUT2D eigenvalue weighted by Crippen LogP contribution is -2.26. The third kappa shape index (κ3) is 4.46. The molecule has 0 saturated heterocycles. The molecule has 4 nitrogen and oxygen atoms in total. The minimum atomic E-state index is -0.237. The van der Waals surface area contributed by atoms with Crippen molar-refractivity contribution < 1.29 is 9.53 Å². The van der Waals surface area contributed by atoms with E-state index in [9.17, 15) is 4.79 Å². The molecule has 21 heavy (non-hydrogen) atoms. The lowest BCUT2D eigenvalue weighted by molar-refractivity contribution is -0.123. The Morgan fingerprint density at radius 1 is 1.52 bits per heavy atom. The molecule has 1 aliphatic rings. The predicted molar refractivity (Wildman–Crippen MR) is 84.9 cm³/mol. The Kier molecular flexibility index (Phi) is 5.62. The van der Waals surface area contributed by atoms with E-state index >= 15 is 0 Å². The van der Waals surface area contributed by atoms with Crippen molar-refractivity contribution in [3.63, 3.8) is 0 Å². The zero-order chi connectivity index (χ0) is 15.2. The Morgan fingerprint density at radius 2 is 2.33 bits per heavy atom. The fraction of sp³-hybridized carbons (Fsp3) is 0.500. The summed E-state index contributed by atoms with van der Waals surface area (Å²) in [6.45, 7) is 4.00. The van der Waals surface area contributed by atoms with E-state index in [1.165, 1.54) is 6.42 Å². The van der Waals surface area contributed by atoms with Gasteiger partial charge in [0.2, 0.25) is 0 Å². The summed E-state index contributed by atoms with van der Waals surface area (Å²) in [6.07, 6.45) is 4.39. The van der Waals surface area contributed by atoms with Crippen molar-refractivity contribution in [2.75, 3.05) is 6.61 Å². The minimum Gasteiger partial charge on any atom is -0.483 e. The fourth-order valence-corrected chi connectivity index (χ4v) is 2.80. The van der Waals surface area contributed by atoms with Crippen LogP contribution in [-0.4, -0.2) is 18.2 Å². The molecule has 1 atom stereocenters. The molecule has 1 unspecified atom stereocenters. The molecule has 1 aromatic carbocycles. The Labute approximate surface area is 130 Å². The maximum Gasteiger partial charge on any atom is 0.277 e. The zero-order valence-electron chi connectivity index (χ0n) is 12.5. The lowest BCUT2D eigenvalue weighted by Gasteiger charge is -2.10. The van der Waals surface area contributed by atoms with Crippen molar-refractivity contribution in [3.8, 4) is 5.75 Å². The van der Waals surface area contributed by atoms with Gasteiger partial charge in [-0.2, -0.15) is 5.10 Å². The van der Waals surface area contributed by atoms with Crippen molar-refractivity contribution in [1.29, 1.82) is 0 Å². The van der Waals surface area contributed by atoms with Crippen LogP contribution in [0.3, 0.4) is 0 Å². The Hall–Kier alpha value is -1.55. The predicted octanol–water partition coefficient (Wildman–Crippen LogP) is 3.71. The molecule has 1 fully saturated rings. The van der Waals surface area contributed by atoms with Crippen LogP contribution in [0, 0.1) is 12.8 Å². The molecule has 0 aromatic heterocycles. The molecule has 0 aliphatic heterocycles. The van der Waals surface area contributed by atoms with Crippen molar-refractivity contribution in [1.82, 2.24) is 5.43 Å². The van der Waals surface area contributed by atoms with Gasteiger partial charge in [0, 0.05) is 10.7 Å². The molecule has 0 radical (unpaired) electrons. The second kappa shape index (κ2) is 7.46. The molecular weight excluding hydrogens is 288 g/mol. The number of carbonyl (C=O) groups excluding carboxylic acids is 1. The van der Waals surface area contributed by atoms with E-state index in [0.717, 1.165) is 30.5 Å². The van der Waals surface area contributed by atoms with Gasteiger partial charge in [-0.25, -0.2) is 5.43 Å². The Balaban J connectivity index is 1.83. The molecule has 1 N–H and O–H groups in total. The van der Waals surface area contributed by atoms with Gasteiger partial charge in [-0.1, -0.05) is 18.5 Å². The number of benzene rings is 1. The van der Waals surface area contributed by atoms with Crippen molar-refractivity contribution in [3.05, 3.63) is 28.8 Å². The van der Waals surface area contributed by atoms with E-state index in [4.69, 9.17) is 16.3 Å². The molecule has 0 spiro atoms. The average molecular weight is 309 g/mol. The summed E-state index contributed by atoms with van der Waals surface area (Å²) in [5, 5.41) is 4.90. The lowest BCUT2D eigenvalue weighted by atomic mass is 10.0. The number of ether oxygens (including phenoxy) is 1. The van der Waals surface area contributed by atoms with Gasteiger partial charge in [0.25, 0.3) is 5.91 Å². The first-order chi connectivity index (χ1) is 10.1. The van der Waals surface area contributed by atoms with Crippen LogP contribution in [0.1, 0.15) is 38.2 Å². The quantitative estimate of drug-likeness (QED) is 0.843. The standard InChI is InChI=1S/C16H21ClN2O2/c1-3-12-5-4-6-14(12)18-19-16(20)10-21-15-8-7-13(17)9-11(15)2/h7-9,12H,3-6,10H2,1-2H3,(H,19,20). The summed E-state index contributed by atoms with van der Waals surface area (Å²) in [7, 11) is 0. The number of hydrazone groups is 1. The van der Waals surface area contributed by atoms with Gasteiger partial charge in [0.15, 0.2) is 6.61 Å². The highest BCUT2D eigenvalue weighted by molar-refractivity contribution is 6.30.